The predicted octanol–water partition coefficient (Wildman–Crippen LogP) is 1.90. The molecule has 1 heterocycles. The van der Waals surface area contributed by atoms with Crippen molar-refractivity contribution in [3.63, 3.8) is 0 Å². The van der Waals surface area contributed by atoms with Gasteiger partial charge in [-0.15, -0.1) is 10.2 Å². The molecule has 5 nitrogen and oxygen atoms in total. The molecule has 7 heteroatoms. The lowest BCUT2D eigenvalue weighted by atomic mass is 10.1. The molecule has 1 aromatic carbocycles. The molecular weight excluding hydrogens is 307 g/mol. The van der Waals surface area contributed by atoms with Gasteiger partial charge >= 0.3 is 0 Å². The van der Waals surface area contributed by atoms with Crippen molar-refractivity contribution in [1.29, 1.82) is 0 Å². The standard InChI is InChI=1S/C10H10BrClN4O/c1-16-14-9(13-15-16)5-8(17)6-3-2-4-7(11)10(6)12/h2-4,8,17H,5H2,1H3. The smallest absolute Gasteiger partial charge is 0.177 e. The molecule has 0 fully saturated rings. The van der Waals surface area contributed by atoms with Crippen molar-refractivity contribution in [1.82, 2.24) is 20.2 Å². The zero-order chi connectivity index (χ0) is 12.4. The van der Waals surface area contributed by atoms with E-state index < -0.39 is 6.10 Å². The van der Waals surface area contributed by atoms with Crippen molar-refractivity contribution in [3.05, 3.63) is 39.1 Å². The average Bonchev–Trinajstić information content (AvgIpc) is 2.68. The maximum atomic E-state index is 10.1. The second-order valence-electron chi connectivity index (χ2n) is 3.56. The normalized spacial score (nSPS) is 12.7. The number of halogens is 2. The Morgan fingerprint density at radius 3 is 2.94 bits per heavy atom. The fourth-order valence-corrected chi connectivity index (χ4v) is 2.10. The quantitative estimate of drug-likeness (QED) is 0.939. The van der Waals surface area contributed by atoms with Crippen molar-refractivity contribution in [2.24, 2.45) is 7.05 Å². The van der Waals surface area contributed by atoms with E-state index in [2.05, 4.69) is 31.3 Å². The summed E-state index contributed by atoms with van der Waals surface area (Å²) in [5, 5.41) is 22.1. The maximum absolute atomic E-state index is 10.1. The van der Waals surface area contributed by atoms with E-state index in [1.54, 1.807) is 13.1 Å². The van der Waals surface area contributed by atoms with E-state index in [0.29, 0.717) is 16.4 Å². The molecule has 2 rings (SSSR count). The topological polar surface area (TPSA) is 63.8 Å². The lowest BCUT2D eigenvalue weighted by Gasteiger charge is -2.11. The van der Waals surface area contributed by atoms with Crippen LogP contribution in [0.1, 0.15) is 17.5 Å². The molecule has 0 amide bonds. The van der Waals surface area contributed by atoms with Crippen molar-refractivity contribution in [2.45, 2.75) is 12.5 Å². The Labute approximate surface area is 112 Å². The minimum atomic E-state index is -0.746. The Morgan fingerprint density at radius 2 is 2.29 bits per heavy atom. The molecule has 0 bridgehead atoms. The second kappa shape index (κ2) is 5.12. The van der Waals surface area contributed by atoms with Crippen LogP contribution in [-0.2, 0) is 13.5 Å². The van der Waals surface area contributed by atoms with Gasteiger partial charge in [0.25, 0.3) is 0 Å². The van der Waals surface area contributed by atoms with E-state index in [1.165, 1.54) is 4.80 Å². The minimum Gasteiger partial charge on any atom is -0.388 e. The van der Waals surface area contributed by atoms with Gasteiger partial charge in [-0.25, -0.2) is 0 Å². The number of tetrazole rings is 1. The van der Waals surface area contributed by atoms with Crippen LogP contribution < -0.4 is 0 Å². The van der Waals surface area contributed by atoms with Crippen LogP contribution in [0.5, 0.6) is 0 Å². The molecule has 0 radical (unpaired) electrons. The monoisotopic (exact) mass is 316 g/mol. The van der Waals surface area contributed by atoms with Crippen LogP contribution in [0.15, 0.2) is 22.7 Å². The number of hydrogen-bond donors (Lipinski definition) is 1. The molecule has 17 heavy (non-hydrogen) atoms. The summed E-state index contributed by atoms with van der Waals surface area (Å²) in [7, 11) is 1.68. The molecule has 1 unspecified atom stereocenters. The molecule has 1 N–H and O–H groups in total. The Bertz CT molecular complexity index is 531. The first kappa shape index (κ1) is 12.5. The minimum absolute atomic E-state index is 0.282. The molecule has 0 saturated heterocycles. The summed E-state index contributed by atoms with van der Waals surface area (Å²) in [4.78, 5) is 1.35. The fraction of sp³-hybridized carbons (Fsp3) is 0.300. The number of aliphatic hydroxyl groups is 1. The van der Waals surface area contributed by atoms with Gasteiger partial charge in [-0.2, -0.15) is 4.80 Å². The number of benzene rings is 1. The van der Waals surface area contributed by atoms with Gasteiger partial charge in [0, 0.05) is 16.5 Å². The summed E-state index contributed by atoms with van der Waals surface area (Å²) >= 11 is 9.40. The number of rotatable bonds is 3. The summed E-state index contributed by atoms with van der Waals surface area (Å²) in [6, 6.07) is 5.41. The van der Waals surface area contributed by atoms with Gasteiger partial charge in [0.15, 0.2) is 5.82 Å². The number of aliphatic hydroxyl groups excluding tert-OH is 1. The Hall–Kier alpha value is -0.980. The molecule has 90 valence electrons. The summed E-state index contributed by atoms with van der Waals surface area (Å²) in [5.41, 5.74) is 0.647. The molecule has 1 aromatic heterocycles. The summed E-state index contributed by atoms with van der Waals surface area (Å²) in [5.74, 6) is 0.482. The maximum Gasteiger partial charge on any atom is 0.177 e. The van der Waals surface area contributed by atoms with E-state index in [9.17, 15) is 5.11 Å². The highest BCUT2D eigenvalue weighted by atomic mass is 79.9. The second-order valence-corrected chi connectivity index (χ2v) is 4.79. The SMILES string of the molecule is Cn1nnc(CC(O)c2cccc(Br)c2Cl)n1. The zero-order valence-corrected chi connectivity index (χ0v) is 11.4. The fourth-order valence-electron chi connectivity index (χ4n) is 1.47. The van der Waals surface area contributed by atoms with Crippen molar-refractivity contribution < 1.29 is 5.11 Å². The van der Waals surface area contributed by atoms with E-state index in [0.717, 1.165) is 4.47 Å². The van der Waals surface area contributed by atoms with Crippen LogP contribution in [0.2, 0.25) is 5.02 Å². The predicted molar refractivity (Wildman–Crippen MR) is 66.6 cm³/mol. The lowest BCUT2D eigenvalue weighted by Crippen LogP contribution is -2.04. The molecule has 2 aromatic rings. The Kier molecular flexibility index (Phi) is 3.76. The molecule has 0 aliphatic rings. The van der Waals surface area contributed by atoms with Crippen LogP contribution in [0.3, 0.4) is 0 Å². The van der Waals surface area contributed by atoms with Crippen LogP contribution >= 0.6 is 27.5 Å². The van der Waals surface area contributed by atoms with Crippen molar-refractivity contribution in [2.75, 3.05) is 0 Å². The molecule has 0 saturated carbocycles. The van der Waals surface area contributed by atoms with E-state index >= 15 is 0 Å². The van der Waals surface area contributed by atoms with Crippen LogP contribution in [0, 0.1) is 0 Å². The van der Waals surface area contributed by atoms with Crippen LogP contribution in [0.4, 0.5) is 0 Å². The third kappa shape index (κ3) is 2.83. The zero-order valence-electron chi connectivity index (χ0n) is 9.01. The van der Waals surface area contributed by atoms with E-state index in [-0.39, 0.29) is 6.42 Å². The number of aryl methyl sites for hydroxylation is 1. The lowest BCUT2D eigenvalue weighted by molar-refractivity contribution is 0.176. The van der Waals surface area contributed by atoms with Crippen LogP contribution in [-0.4, -0.2) is 25.3 Å². The number of aromatic nitrogens is 4. The van der Waals surface area contributed by atoms with Gasteiger partial charge in [0.1, 0.15) is 0 Å². The Morgan fingerprint density at radius 1 is 1.53 bits per heavy atom. The first-order valence-corrected chi connectivity index (χ1v) is 6.10. The summed E-state index contributed by atoms with van der Waals surface area (Å²) in [6.07, 6.45) is -0.464. The molecule has 0 aliphatic heterocycles. The van der Waals surface area contributed by atoms with Gasteiger partial charge in [-0.1, -0.05) is 23.7 Å². The molecule has 0 aliphatic carbocycles. The van der Waals surface area contributed by atoms with Gasteiger partial charge in [0.05, 0.1) is 18.2 Å². The highest BCUT2D eigenvalue weighted by molar-refractivity contribution is 9.10. The van der Waals surface area contributed by atoms with Gasteiger partial charge < -0.3 is 5.11 Å². The van der Waals surface area contributed by atoms with Crippen molar-refractivity contribution in [3.8, 4) is 0 Å². The van der Waals surface area contributed by atoms with Crippen LogP contribution in [0.25, 0.3) is 0 Å². The molecule has 1 atom stereocenters. The number of hydrogen-bond acceptors (Lipinski definition) is 4. The largest absolute Gasteiger partial charge is 0.388 e. The average molecular weight is 318 g/mol. The van der Waals surface area contributed by atoms with E-state index in [1.807, 2.05) is 12.1 Å². The highest BCUT2D eigenvalue weighted by Crippen LogP contribution is 2.31. The number of nitrogens with zero attached hydrogens (tertiary/aromatic N) is 4. The Balaban J connectivity index is 2.20. The summed E-state index contributed by atoms with van der Waals surface area (Å²) < 4.78 is 0.753. The van der Waals surface area contributed by atoms with Gasteiger partial charge in [-0.05, 0) is 27.2 Å². The third-order valence-electron chi connectivity index (χ3n) is 2.27. The van der Waals surface area contributed by atoms with Gasteiger partial charge in [-0.3, -0.25) is 0 Å². The third-order valence-corrected chi connectivity index (χ3v) is 3.58. The molecular formula is C10H10BrClN4O. The first-order chi connectivity index (χ1) is 8.08. The highest BCUT2D eigenvalue weighted by Gasteiger charge is 2.16. The first-order valence-electron chi connectivity index (χ1n) is 4.93. The van der Waals surface area contributed by atoms with E-state index in [4.69, 9.17) is 11.6 Å². The molecule has 0 spiro atoms. The summed E-state index contributed by atoms with van der Waals surface area (Å²) in [6.45, 7) is 0. The van der Waals surface area contributed by atoms with Crippen molar-refractivity contribution >= 4 is 27.5 Å². The van der Waals surface area contributed by atoms with Gasteiger partial charge in [0.2, 0.25) is 0 Å².